The van der Waals surface area contributed by atoms with Crippen molar-refractivity contribution in [3.63, 3.8) is 0 Å². The molecule has 0 atom stereocenters. The fourth-order valence-electron chi connectivity index (χ4n) is 1.29. The number of nitriles is 1. The lowest BCUT2D eigenvalue weighted by molar-refractivity contribution is -0.275. The summed E-state index contributed by atoms with van der Waals surface area (Å²) in [6.07, 6.45) is -10.9. The molecule has 4 nitrogen and oxygen atoms in total. The molecule has 0 aliphatic heterocycles. The minimum absolute atomic E-state index is 0.103. The first-order valence-corrected chi connectivity index (χ1v) is 4.86. The van der Waals surface area contributed by atoms with E-state index in [4.69, 9.17) is 5.26 Å². The maximum absolute atomic E-state index is 12.6. The van der Waals surface area contributed by atoms with Gasteiger partial charge in [-0.25, -0.2) is 4.98 Å². The number of hydrogen-bond donors (Lipinski definition) is 0. The van der Waals surface area contributed by atoms with Gasteiger partial charge in [0.2, 0.25) is 5.88 Å². The van der Waals surface area contributed by atoms with Gasteiger partial charge in [-0.3, -0.25) is 0 Å². The van der Waals surface area contributed by atoms with Gasteiger partial charge < -0.3 is 9.47 Å². The monoisotopic (exact) mass is 300 g/mol. The van der Waals surface area contributed by atoms with Crippen LogP contribution in [0.3, 0.4) is 0 Å². The molecule has 0 N–H and O–H groups in total. The maximum atomic E-state index is 12.6. The summed E-state index contributed by atoms with van der Waals surface area (Å²) in [5, 5.41) is 8.45. The van der Waals surface area contributed by atoms with Crippen molar-refractivity contribution < 1.29 is 35.8 Å². The topological polar surface area (TPSA) is 55.1 Å². The van der Waals surface area contributed by atoms with Crippen LogP contribution in [-0.2, 0) is 12.6 Å². The number of ether oxygens (including phenoxy) is 2. The second kappa shape index (κ2) is 5.44. The predicted octanol–water partition coefficient (Wildman–Crippen LogP) is 3.07. The molecule has 20 heavy (non-hydrogen) atoms. The number of aromatic nitrogens is 1. The molecule has 0 aliphatic rings. The van der Waals surface area contributed by atoms with Crippen molar-refractivity contribution in [3.8, 4) is 17.7 Å². The van der Waals surface area contributed by atoms with Crippen LogP contribution in [-0.4, -0.2) is 18.5 Å². The molecule has 1 rings (SSSR count). The molecule has 10 heteroatoms. The molecule has 0 aliphatic carbocycles. The van der Waals surface area contributed by atoms with Gasteiger partial charge in [0.1, 0.15) is 11.3 Å². The zero-order valence-corrected chi connectivity index (χ0v) is 9.76. The molecule has 1 aromatic rings. The molecule has 0 amide bonds. The van der Waals surface area contributed by atoms with E-state index in [1.807, 2.05) is 0 Å². The molecule has 0 unspecified atom stereocenters. The van der Waals surface area contributed by atoms with Crippen molar-refractivity contribution in [1.82, 2.24) is 4.98 Å². The fraction of sp³-hybridized carbons (Fsp3) is 0.400. The van der Waals surface area contributed by atoms with Crippen molar-refractivity contribution in [3.05, 3.63) is 17.3 Å². The summed E-state index contributed by atoms with van der Waals surface area (Å²) in [5.74, 6) is -2.12. The van der Waals surface area contributed by atoms with E-state index in [0.29, 0.717) is 0 Å². The third kappa shape index (κ3) is 3.91. The van der Waals surface area contributed by atoms with Crippen LogP contribution in [0.25, 0.3) is 0 Å². The fourth-order valence-corrected chi connectivity index (χ4v) is 1.29. The Morgan fingerprint density at radius 3 is 2.25 bits per heavy atom. The average Bonchev–Trinajstić information content (AvgIpc) is 2.27. The van der Waals surface area contributed by atoms with Crippen LogP contribution < -0.4 is 9.47 Å². The number of pyridine rings is 1. The highest BCUT2D eigenvalue weighted by Crippen LogP contribution is 2.39. The molecule has 110 valence electrons. The molecule has 0 saturated heterocycles. The highest BCUT2D eigenvalue weighted by Gasteiger charge is 2.39. The summed E-state index contributed by atoms with van der Waals surface area (Å²) in [4.78, 5) is 3.24. The second-order valence-corrected chi connectivity index (χ2v) is 3.37. The van der Waals surface area contributed by atoms with E-state index in [-0.39, 0.29) is 6.07 Å². The van der Waals surface area contributed by atoms with Crippen LogP contribution in [0, 0.1) is 11.3 Å². The Hall–Kier alpha value is -2.18. The standard InChI is InChI=1S/C10H6F6N2O2/c1-19-8-5(9(11,12)13)4-7(20-10(14,15)16)6(18-8)2-3-17/h4H,2H2,1H3. The number of alkyl halides is 6. The van der Waals surface area contributed by atoms with Gasteiger partial charge in [-0.15, -0.1) is 13.2 Å². The zero-order chi connectivity index (χ0) is 15.6. The molecule has 0 radical (unpaired) electrons. The third-order valence-electron chi connectivity index (χ3n) is 2.00. The molecule has 0 saturated carbocycles. The quantitative estimate of drug-likeness (QED) is 0.805. The summed E-state index contributed by atoms with van der Waals surface area (Å²) in [7, 11) is 0.873. The van der Waals surface area contributed by atoms with E-state index in [1.54, 1.807) is 0 Å². The minimum atomic E-state index is -5.21. The van der Waals surface area contributed by atoms with Crippen LogP contribution >= 0.6 is 0 Å². The number of nitrogens with zero attached hydrogens (tertiary/aromatic N) is 2. The second-order valence-electron chi connectivity index (χ2n) is 3.37. The van der Waals surface area contributed by atoms with E-state index in [2.05, 4.69) is 14.5 Å². The van der Waals surface area contributed by atoms with Crippen LogP contribution in [0.2, 0.25) is 0 Å². The van der Waals surface area contributed by atoms with Crippen LogP contribution in [0.15, 0.2) is 6.07 Å². The van der Waals surface area contributed by atoms with E-state index in [1.165, 1.54) is 6.07 Å². The number of rotatable bonds is 3. The Bertz CT molecular complexity index is 532. The van der Waals surface area contributed by atoms with Gasteiger partial charge in [0, 0.05) is 6.07 Å². The average molecular weight is 300 g/mol. The molecule has 1 heterocycles. The first kappa shape index (κ1) is 15.9. The summed E-state index contributed by atoms with van der Waals surface area (Å²) in [6, 6.07) is 1.58. The Kier molecular flexibility index (Phi) is 4.32. The lowest BCUT2D eigenvalue weighted by atomic mass is 10.2. The molecule has 0 spiro atoms. The van der Waals surface area contributed by atoms with Crippen molar-refractivity contribution >= 4 is 0 Å². The lowest BCUT2D eigenvalue weighted by Crippen LogP contribution is -2.20. The summed E-state index contributed by atoms with van der Waals surface area (Å²) < 4.78 is 82.1. The Morgan fingerprint density at radius 2 is 1.85 bits per heavy atom. The molecular formula is C10H6F6N2O2. The van der Waals surface area contributed by atoms with E-state index in [9.17, 15) is 26.3 Å². The van der Waals surface area contributed by atoms with E-state index in [0.717, 1.165) is 7.11 Å². The van der Waals surface area contributed by atoms with Crippen molar-refractivity contribution in [2.75, 3.05) is 7.11 Å². The minimum Gasteiger partial charge on any atom is -0.481 e. The molecular weight excluding hydrogens is 294 g/mol. The van der Waals surface area contributed by atoms with Gasteiger partial charge in [0.15, 0.2) is 5.75 Å². The lowest BCUT2D eigenvalue weighted by Gasteiger charge is -2.16. The van der Waals surface area contributed by atoms with Gasteiger partial charge in [-0.05, 0) is 0 Å². The Morgan fingerprint density at radius 1 is 1.25 bits per heavy atom. The first-order chi connectivity index (χ1) is 9.08. The Labute approximate surface area is 108 Å². The third-order valence-corrected chi connectivity index (χ3v) is 2.00. The van der Waals surface area contributed by atoms with Crippen LogP contribution in [0.5, 0.6) is 11.6 Å². The number of hydrogen-bond acceptors (Lipinski definition) is 4. The van der Waals surface area contributed by atoms with Crippen molar-refractivity contribution in [2.45, 2.75) is 19.0 Å². The highest BCUT2D eigenvalue weighted by atomic mass is 19.4. The SMILES string of the molecule is COc1nc(CC#N)c(OC(F)(F)F)cc1C(F)(F)F. The summed E-state index contributed by atoms with van der Waals surface area (Å²) >= 11 is 0. The normalized spacial score (nSPS) is 11.9. The van der Waals surface area contributed by atoms with E-state index < -0.39 is 41.8 Å². The van der Waals surface area contributed by atoms with Crippen molar-refractivity contribution in [2.24, 2.45) is 0 Å². The number of methoxy groups -OCH3 is 1. The molecule has 0 aromatic carbocycles. The largest absolute Gasteiger partial charge is 0.573 e. The number of halogens is 6. The van der Waals surface area contributed by atoms with Gasteiger partial charge >= 0.3 is 12.5 Å². The maximum Gasteiger partial charge on any atom is 0.573 e. The smallest absolute Gasteiger partial charge is 0.481 e. The summed E-state index contributed by atoms with van der Waals surface area (Å²) in [6.45, 7) is 0. The predicted molar refractivity (Wildman–Crippen MR) is 51.8 cm³/mol. The van der Waals surface area contributed by atoms with Gasteiger partial charge in [-0.1, -0.05) is 0 Å². The van der Waals surface area contributed by atoms with Gasteiger partial charge in [-0.2, -0.15) is 18.4 Å². The Balaban J connectivity index is 3.43. The van der Waals surface area contributed by atoms with Gasteiger partial charge in [0.25, 0.3) is 0 Å². The van der Waals surface area contributed by atoms with Crippen LogP contribution in [0.1, 0.15) is 11.3 Å². The zero-order valence-electron chi connectivity index (χ0n) is 9.76. The summed E-state index contributed by atoms with van der Waals surface area (Å²) in [5.41, 5.74) is -2.13. The highest BCUT2D eigenvalue weighted by molar-refractivity contribution is 5.41. The van der Waals surface area contributed by atoms with E-state index >= 15 is 0 Å². The first-order valence-electron chi connectivity index (χ1n) is 4.86. The van der Waals surface area contributed by atoms with Crippen LogP contribution in [0.4, 0.5) is 26.3 Å². The van der Waals surface area contributed by atoms with Crippen molar-refractivity contribution in [1.29, 1.82) is 5.26 Å². The molecule has 0 bridgehead atoms. The molecule has 0 fully saturated rings. The molecule has 1 aromatic heterocycles. The van der Waals surface area contributed by atoms with Gasteiger partial charge in [0.05, 0.1) is 19.6 Å².